The summed E-state index contributed by atoms with van der Waals surface area (Å²) in [6, 6.07) is 15.6. The van der Waals surface area contributed by atoms with E-state index in [4.69, 9.17) is 11.6 Å². The summed E-state index contributed by atoms with van der Waals surface area (Å²) in [5.74, 6) is 0.0352. The van der Waals surface area contributed by atoms with Gasteiger partial charge in [-0.2, -0.15) is 0 Å². The molecule has 1 heterocycles. The number of hydrogen-bond donors (Lipinski definition) is 1. The molecule has 1 aliphatic carbocycles. The van der Waals surface area contributed by atoms with Crippen LogP contribution < -0.4 is 5.32 Å². The average Bonchev–Trinajstić information content (AvgIpc) is 2.82. The van der Waals surface area contributed by atoms with Crippen molar-refractivity contribution in [3.8, 4) is 0 Å². The molecule has 4 rings (SSSR count). The van der Waals surface area contributed by atoms with E-state index in [1.165, 1.54) is 12.8 Å². The molecular weight excluding hydrogens is 452 g/mol. The second-order valence-corrected chi connectivity index (χ2v) is 10.5. The van der Waals surface area contributed by atoms with Crippen LogP contribution in [0, 0.1) is 0 Å². The molecule has 4 nitrogen and oxygen atoms in total. The third kappa shape index (κ3) is 6.01. The van der Waals surface area contributed by atoms with Crippen LogP contribution in [-0.4, -0.2) is 34.6 Å². The lowest BCUT2D eigenvalue weighted by Gasteiger charge is -2.44. The summed E-state index contributed by atoms with van der Waals surface area (Å²) in [5, 5.41) is 4.06. The highest BCUT2D eigenvalue weighted by Crippen LogP contribution is 2.42. The highest BCUT2D eigenvalue weighted by atomic mass is 35.5. The van der Waals surface area contributed by atoms with Gasteiger partial charge >= 0.3 is 0 Å². The molecule has 1 aliphatic heterocycles. The molecule has 2 unspecified atom stereocenters. The van der Waals surface area contributed by atoms with Gasteiger partial charge in [0.1, 0.15) is 0 Å². The number of unbranched alkanes of at least 4 members (excludes halogenated alkanes) is 1. The van der Waals surface area contributed by atoms with Gasteiger partial charge in [0.25, 0.3) is 11.8 Å². The van der Waals surface area contributed by atoms with E-state index >= 15 is 0 Å². The van der Waals surface area contributed by atoms with Crippen molar-refractivity contribution in [1.29, 1.82) is 0 Å². The Morgan fingerprint density at radius 3 is 2.73 bits per heavy atom. The molecule has 1 N–H and O–H groups in total. The number of carbonyl (C=O) groups excluding carboxylic acids is 2. The van der Waals surface area contributed by atoms with E-state index in [-0.39, 0.29) is 17.9 Å². The highest BCUT2D eigenvalue weighted by Gasteiger charge is 2.40. The summed E-state index contributed by atoms with van der Waals surface area (Å²) in [6.45, 7) is 3.37. The van der Waals surface area contributed by atoms with Crippen LogP contribution in [0.4, 0.5) is 0 Å². The highest BCUT2D eigenvalue weighted by molar-refractivity contribution is 8.04. The molecule has 0 aromatic heterocycles. The first kappa shape index (κ1) is 23.9. The van der Waals surface area contributed by atoms with E-state index in [1.54, 1.807) is 11.8 Å². The Morgan fingerprint density at radius 2 is 1.97 bits per heavy atom. The third-order valence-corrected chi connectivity index (χ3v) is 7.98. The predicted octanol–water partition coefficient (Wildman–Crippen LogP) is 6.30. The first-order valence-corrected chi connectivity index (χ1v) is 13.1. The standard InChI is InChI=1S/C27H31ClN2O2S/c1-2-3-15-29-26(31)21-13-11-19(12-14-21)17-25-27(32)30(18-20-7-6-8-22(28)16-20)23-9-4-5-10-24(23)33-25/h6-8,11-14,16-17,23-24H,2-5,9-10,15,18H2,1H3,(H,29,31)/b25-17+. The number of thioether (sulfide) groups is 1. The van der Waals surface area contributed by atoms with Crippen LogP contribution >= 0.6 is 23.4 Å². The van der Waals surface area contributed by atoms with E-state index < -0.39 is 0 Å². The minimum Gasteiger partial charge on any atom is -0.352 e. The van der Waals surface area contributed by atoms with Crippen LogP contribution in [0.3, 0.4) is 0 Å². The van der Waals surface area contributed by atoms with Crippen molar-refractivity contribution < 1.29 is 9.59 Å². The van der Waals surface area contributed by atoms with Gasteiger partial charge in [-0.05, 0) is 60.7 Å². The maximum Gasteiger partial charge on any atom is 0.260 e. The number of amides is 2. The minimum atomic E-state index is -0.0523. The zero-order valence-corrected chi connectivity index (χ0v) is 20.6. The predicted molar refractivity (Wildman–Crippen MR) is 137 cm³/mol. The van der Waals surface area contributed by atoms with Crippen molar-refractivity contribution in [2.24, 2.45) is 0 Å². The summed E-state index contributed by atoms with van der Waals surface area (Å²) in [5.41, 5.74) is 2.64. The molecule has 1 saturated carbocycles. The zero-order chi connectivity index (χ0) is 23.2. The normalized spacial score (nSPS) is 21.7. The molecule has 2 amide bonds. The molecule has 2 aromatic carbocycles. The molecule has 174 valence electrons. The lowest BCUT2D eigenvalue weighted by molar-refractivity contribution is -0.130. The first-order valence-electron chi connectivity index (χ1n) is 11.9. The van der Waals surface area contributed by atoms with Crippen molar-refractivity contribution in [3.63, 3.8) is 0 Å². The number of hydrogen-bond acceptors (Lipinski definition) is 3. The maximum atomic E-state index is 13.5. The van der Waals surface area contributed by atoms with Gasteiger partial charge in [0, 0.05) is 35.0 Å². The molecule has 33 heavy (non-hydrogen) atoms. The lowest BCUT2D eigenvalue weighted by Crippen LogP contribution is -2.50. The van der Waals surface area contributed by atoms with Gasteiger partial charge < -0.3 is 10.2 Å². The molecule has 1 saturated heterocycles. The third-order valence-electron chi connectivity index (χ3n) is 6.35. The van der Waals surface area contributed by atoms with Crippen LogP contribution in [0.5, 0.6) is 0 Å². The van der Waals surface area contributed by atoms with E-state index in [1.807, 2.05) is 59.5 Å². The van der Waals surface area contributed by atoms with Crippen LogP contribution in [0.25, 0.3) is 6.08 Å². The Morgan fingerprint density at radius 1 is 1.18 bits per heavy atom. The van der Waals surface area contributed by atoms with Gasteiger partial charge in [0.2, 0.25) is 0 Å². The van der Waals surface area contributed by atoms with Gasteiger partial charge in [-0.15, -0.1) is 11.8 Å². The van der Waals surface area contributed by atoms with E-state index in [0.29, 0.717) is 28.9 Å². The van der Waals surface area contributed by atoms with Gasteiger partial charge in [-0.25, -0.2) is 0 Å². The quantitative estimate of drug-likeness (QED) is 0.372. The number of carbonyl (C=O) groups is 2. The second-order valence-electron chi connectivity index (χ2n) is 8.81. The number of benzene rings is 2. The van der Waals surface area contributed by atoms with Crippen molar-refractivity contribution in [2.75, 3.05) is 6.54 Å². The van der Waals surface area contributed by atoms with Gasteiger partial charge in [0.05, 0.1) is 4.91 Å². The number of rotatable bonds is 7. The fourth-order valence-corrected chi connectivity index (χ4v) is 6.24. The zero-order valence-electron chi connectivity index (χ0n) is 19.1. The molecule has 6 heteroatoms. The second kappa shape index (κ2) is 11.3. The van der Waals surface area contributed by atoms with Gasteiger partial charge in [0.15, 0.2) is 0 Å². The molecular formula is C27H31ClN2O2S. The SMILES string of the molecule is CCCCNC(=O)c1ccc(/C=C2/SC3CCCCC3N(Cc3cccc(Cl)c3)C2=O)cc1. The van der Waals surface area contributed by atoms with Crippen molar-refractivity contribution in [3.05, 3.63) is 75.1 Å². The molecule has 2 aliphatic rings. The summed E-state index contributed by atoms with van der Waals surface area (Å²) in [7, 11) is 0. The van der Waals surface area contributed by atoms with Crippen LogP contribution in [0.1, 0.15) is 66.9 Å². The van der Waals surface area contributed by atoms with E-state index in [2.05, 4.69) is 12.2 Å². The smallest absolute Gasteiger partial charge is 0.260 e. The largest absolute Gasteiger partial charge is 0.352 e. The lowest BCUT2D eigenvalue weighted by atomic mass is 9.92. The molecule has 0 bridgehead atoms. The first-order chi connectivity index (χ1) is 16.0. The van der Waals surface area contributed by atoms with Crippen molar-refractivity contribution in [2.45, 2.75) is 63.3 Å². The number of nitrogens with zero attached hydrogens (tertiary/aromatic N) is 1. The summed E-state index contributed by atoms with van der Waals surface area (Å²) in [4.78, 5) is 28.6. The van der Waals surface area contributed by atoms with Gasteiger partial charge in [-0.1, -0.05) is 62.1 Å². The summed E-state index contributed by atoms with van der Waals surface area (Å²) in [6.07, 6.45) is 8.56. The van der Waals surface area contributed by atoms with Crippen LogP contribution in [0.15, 0.2) is 53.4 Å². The molecule has 0 radical (unpaired) electrons. The Labute approximate surface area is 205 Å². The number of fused-ring (bicyclic) bond motifs is 1. The Balaban J connectivity index is 1.53. The molecule has 2 aromatic rings. The van der Waals surface area contributed by atoms with Gasteiger partial charge in [-0.3, -0.25) is 9.59 Å². The van der Waals surface area contributed by atoms with Crippen LogP contribution in [-0.2, 0) is 11.3 Å². The van der Waals surface area contributed by atoms with Crippen molar-refractivity contribution >= 4 is 41.3 Å². The van der Waals surface area contributed by atoms with Crippen LogP contribution in [0.2, 0.25) is 5.02 Å². The topological polar surface area (TPSA) is 49.4 Å². The molecule has 0 spiro atoms. The number of nitrogens with one attached hydrogen (secondary N) is 1. The fourth-order valence-electron chi connectivity index (χ4n) is 4.56. The summed E-state index contributed by atoms with van der Waals surface area (Å²) < 4.78 is 0. The van der Waals surface area contributed by atoms with E-state index in [9.17, 15) is 9.59 Å². The Bertz CT molecular complexity index is 1020. The summed E-state index contributed by atoms with van der Waals surface area (Å²) >= 11 is 7.92. The maximum absolute atomic E-state index is 13.5. The number of halogens is 1. The monoisotopic (exact) mass is 482 g/mol. The average molecular weight is 483 g/mol. The van der Waals surface area contributed by atoms with Crippen molar-refractivity contribution in [1.82, 2.24) is 10.2 Å². The Hall–Kier alpha value is -2.24. The van der Waals surface area contributed by atoms with E-state index in [0.717, 1.165) is 41.7 Å². The minimum absolute atomic E-state index is 0.0523. The Kier molecular flexibility index (Phi) is 8.15. The fraction of sp³-hybridized carbons (Fsp3) is 0.407. The molecule has 2 atom stereocenters. The molecule has 2 fully saturated rings.